The lowest BCUT2D eigenvalue weighted by Crippen LogP contribution is -2.36. The zero-order valence-electron chi connectivity index (χ0n) is 11.5. The van der Waals surface area contributed by atoms with E-state index >= 15 is 0 Å². The van der Waals surface area contributed by atoms with Crippen molar-refractivity contribution in [3.8, 4) is 0 Å². The molecule has 0 unspecified atom stereocenters. The Morgan fingerprint density at radius 2 is 1.86 bits per heavy atom. The smallest absolute Gasteiger partial charge is 0.294 e. The number of halogens is 4. The molecule has 0 amide bonds. The second kappa shape index (κ2) is 6.92. The zero-order valence-corrected chi connectivity index (χ0v) is 13.1. The largest absolute Gasteiger partial charge is 0.401 e. The lowest BCUT2D eigenvalue weighted by atomic mass is 10.1. The standard InChI is InChI=1S/C15H17BrF3NO/c16-12-5-3-11(4-6-12)14(21)2-1-9-20(13-7-8-13)10-15(17,18)19/h3-6,13H,1-2,7-10H2. The highest BCUT2D eigenvalue weighted by Crippen LogP contribution is 2.30. The molecule has 0 radical (unpaired) electrons. The van der Waals surface area contributed by atoms with Crippen LogP contribution in [0, 0.1) is 0 Å². The molecule has 1 aliphatic rings. The van der Waals surface area contributed by atoms with Gasteiger partial charge in [-0.05, 0) is 37.9 Å². The van der Waals surface area contributed by atoms with Crippen LogP contribution >= 0.6 is 15.9 Å². The number of Topliss-reactive ketones (excluding diaryl/α,β-unsaturated/α-hetero) is 1. The van der Waals surface area contributed by atoms with Crippen molar-refractivity contribution in [2.75, 3.05) is 13.1 Å². The summed E-state index contributed by atoms with van der Waals surface area (Å²) in [5.41, 5.74) is 0.604. The van der Waals surface area contributed by atoms with Crippen molar-refractivity contribution < 1.29 is 18.0 Å². The van der Waals surface area contributed by atoms with Crippen molar-refractivity contribution in [2.24, 2.45) is 0 Å². The molecule has 0 heterocycles. The number of hydrogen-bond acceptors (Lipinski definition) is 2. The SMILES string of the molecule is O=C(CCCN(CC(F)(F)F)C1CC1)c1ccc(Br)cc1. The maximum atomic E-state index is 12.5. The van der Waals surface area contributed by atoms with Crippen molar-refractivity contribution in [1.29, 1.82) is 0 Å². The van der Waals surface area contributed by atoms with Crippen molar-refractivity contribution in [2.45, 2.75) is 37.9 Å². The molecule has 1 aliphatic carbocycles. The Kier molecular flexibility index (Phi) is 5.43. The Labute approximate surface area is 130 Å². The minimum atomic E-state index is -4.17. The van der Waals surface area contributed by atoms with Crippen LogP contribution in [0.4, 0.5) is 13.2 Å². The van der Waals surface area contributed by atoms with Crippen LogP contribution < -0.4 is 0 Å². The first-order chi connectivity index (χ1) is 9.85. The lowest BCUT2D eigenvalue weighted by Gasteiger charge is -2.23. The molecule has 116 valence electrons. The van der Waals surface area contributed by atoms with Gasteiger partial charge in [0.1, 0.15) is 0 Å². The molecule has 1 fully saturated rings. The Bertz CT molecular complexity index is 483. The Morgan fingerprint density at radius 3 is 2.38 bits per heavy atom. The molecule has 0 saturated heterocycles. The van der Waals surface area contributed by atoms with Gasteiger partial charge in [-0.25, -0.2) is 0 Å². The number of benzene rings is 1. The van der Waals surface area contributed by atoms with Gasteiger partial charge in [-0.15, -0.1) is 0 Å². The van der Waals surface area contributed by atoms with Gasteiger partial charge in [-0.2, -0.15) is 13.2 Å². The number of alkyl halides is 3. The number of carbonyl (C=O) groups is 1. The summed E-state index contributed by atoms with van der Waals surface area (Å²) in [6.45, 7) is -0.545. The number of nitrogens with zero attached hydrogens (tertiary/aromatic N) is 1. The molecule has 0 aliphatic heterocycles. The third-order valence-corrected chi connectivity index (χ3v) is 3.99. The molecular weight excluding hydrogens is 347 g/mol. The second-order valence-electron chi connectivity index (χ2n) is 5.35. The predicted molar refractivity (Wildman–Crippen MR) is 78.4 cm³/mol. The van der Waals surface area contributed by atoms with Gasteiger partial charge in [-0.3, -0.25) is 9.69 Å². The first-order valence-electron chi connectivity index (χ1n) is 6.95. The topological polar surface area (TPSA) is 20.3 Å². The van der Waals surface area contributed by atoms with Crippen molar-refractivity contribution in [3.63, 3.8) is 0 Å². The Balaban J connectivity index is 1.79. The van der Waals surface area contributed by atoms with Gasteiger partial charge in [0.15, 0.2) is 5.78 Å². The summed E-state index contributed by atoms with van der Waals surface area (Å²) in [5.74, 6) is -0.0229. The maximum absolute atomic E-state index is 12.5. The van der Waals surface area contributed by atoms with E-state index in [4.69, 9.17) is 0 Å². The van der Waals surface area contributed by atoms with Gasteiger partial charge in [0, 0.05) is 22.5 Å². The van der Waals surface area contributed by atoms with Crippen LogP contribution in [0.1, 0.15) is 36.0 Å². The molecule has 0 spiro atoms. The van der Waals surface area contributed by atoms with Crippen molar-refractivity contribution >= 4 is 21.7 Å². The van der Waals surface area contributed by atoms with Crippen LogP contribution in [0.15, 0.2) is 28.7 Å². The van der Waals surface area contributed by atoms with Gasteiger partial charge >= 0.3 is 6.18 Å². The summed E-state index contributed by atoms with van der Waals surface area (Å²) in [6, 6.07) is 7.07. The van der Waals surface area contributed by atoms with Gasteiger partial charge < -0.3 is 0 Å². The quantitative estimate of drug-likeness (QED) is 0.667. The number of carbonyl (C=O) groups excluding carboxylic acids is 1. The molecule has 21 heavy (non-hydrogen) atoms. The van der Waals surface area contributed by atoms with E-state index in [9.17, 15) is 18.0 Å². The van der Waals surface area contributed by atoms with E-state index in [2.05, 4.69) is 15.9 Å². The highest BCUT2D eigenvalue weighted by Gasteiger charge is 2.37. The first-order valence-corrected chi connectivity index (χ1v) is 7.74. The highest BCUT2D eigenvalue weighted by atomic mass is 79.9. The summed E-state index contributed by atoms with van der Waals surface area (Å²) in [5, 5.41) is 0. The third-order valence-electron chi connectivity index (χ3n) is 3.46. The average molecular weight is 364 g/mol. The monoisotopic (exact) mass is 363 g/mol. The zero-order chi connectivity index (χ0) is 15.5. The minimum Gasteiger partial charge on any atom is -0.294 e. The number of hydrogen-bond donors (Lipinski definition) is 0. The van der Waals surface area contributed by atoms with E-state index in [-0.39, 0.29) is 18.2 Å². The second-order valence-corrected chi connectivity index (χ2v) is 6.27. The Morgan fingerprint density at radius 1 is 1.24 bits per heavy atom. The average Bonchev–Trinajstić information content (AvgIpc) is 3.21. The fourth-order valence-electron chi connectivity index (χ4n) is 2.28. The Hall–Kier alpha value is -0.880. The molecule has 1 aromatic carbocycles. The highest BCUT2D eigenvalue weighted by molar-refractivity contribution is 9.10. The molecule has 1 aromatic rings. The number of rotatable bonds is 7. The van der Waals surface area contributed by atoms with Crippen LogP contribution in [-0.2, 0) is 0 Å². The van der Waals surface area contributed by atoms with Crippen molar-refractivity contribution in [3.05, 3.63) is 34.3 Å². The predicted octanol–water partition coefficient (Wildman–Crippen LogP) is 4.44. The van der Waals surface area contributed by atoms with E-state index in [1.54, 1.807) is 24.3 Å². The summed E-state index contributed by atoms with van der Waals surface area (Å²) in [4.78, 5) is 13.4. The molecular formula is C15H17BrF3NO. The normalized spacial score (nSPS) is 15.5. The molecule has 1 saturated carbocycles. The van der Waals surface area contributed by atoms with E-state index in [1.165, 1.54) is 4.90 Å². The summed E-state index contributed by atoms with van der Waals surface area (Å²) in [7, 11) is 0. The van der Waals surface area contributed by atoms with E-state index in [0.717, 1.165) is 17.3 Å². The van der Waals surface area contributed by atoms with Gasteiger partial charge in [0.2, 0.25) is 0 Å². The van der Waals surface area contributed by atoms with E-state index in [1.807, 2.05) is 0 Å². The summed E-state index contributed by atoms with van der Waals surface area (Å²) in [6.07, 6.45) is -1.77. The minimum absolute atomic E-state index is 0.0229. The number of ketones is 1. The fourth-order valence-corrected chi connectivity index (χ4v) is 2.55. The molecule has 0 atom stereocenters. The molecule has 6 heteroatoms. The molecule has 0 N–H and O–H groups in total. The van der Waals surface area contributed by atoms with Crippen LogP contribution in [0.3, 0.4) is 0 Å². The molecule has 0 aromatic heterocycles. The van der Waals surface area contributed by atoms with Crippen LogP contribution in [0.25, 0.3) is 0 Å². The van der Waals surface area contributed by atoms with Crippen LogP contribution in [0.2, 0.25) is 0 Å². The van der Waals surface area contributed by atoms with Gasteiger partial charge in [0.25, 0.3) is 0 Å². The van der Waals surface area contributed by atoms with Gasteiger partial charge in [0.05, 0.1) is 6.54 Å². The van der Waals surface area contributed by atoms with Gasteiger partial charge in [-0.1, -0.05) is 28.1 Å². The fraction of sp³-hybridized carbons (Fsp3) is 0.533. The van der Waals surface area contributed by atoms with Crippen LogP contribution in [-0.4, -0.2) is 36.0 Å². The van der Waals surface area contributed by atoms with E-state index in [0.29, 0.717) is 18.5 Å². The lowest BCUT2D eigenvalue weighted by molar-refractivity contribution is -0.147. The van der Waals surface area contributed by atoms with Crippen molar-refractivity contribution in [1.82, 2.24) is 4.90 Å². The maximum Gasteiger partial charge on any atom is 0.401 e. The van der Waals surface area contributed by atoms with E-state index < -0.39 is 12.7 Å². The molecule has 0 bridgehead atoms. The van der Waals surface area contributed by atoms with Crippen LogP contribution in [0.5, 0.6) is 0 Å². The summed E-state index contributed by atoms with van der Waals surface area (Å²) < 4.78 is 38.3. The molecule has 2 rings (SSSR count). The first kappa shape index (κ1) is 16.5. The third kappa shape index (κ3) is 5.79. The molecule has 2 nitrogen and oxygen atoms in total. The summed E-state index contributed by atoms with van der Waals surface area (Å²) >= 11 is 3.29.